The zero-order valence-corrected chi connectivity index (χ0v) is 15.1. The number of hydrogen-bond donors (Lipinski definition) is 1. The number of aliphatic hydroxyl groups excluding tert-OH is 1. The first-order valence-corrected chi connectivity index (χ1v) is 9.37. The van der Waals surface area contributed by atoms with Crippen molar-refractivity contribution >= 4 is 11.6 Å². The highest BCUT2D eigenvalue weighted by molar-refractivity contribution is 6.30. The summed E-state index contributed by atoms with van der Waals surface area (Å²) in [6.45, 7) is 2.36. The van der Waals surface area contributed by atoms with Gasteiger partial charge in [0.25, 0.3) is 0 Å². The van der Waals surface area contributed by atoms with Crippen LogP contribution in [-0.4, -0.2) is 40.3 Å². The average Bonchev–Trinajstić information content (AvgIpc) is 2.98. The van der Waals surface area contributed by atoms with E-state index in [1.807, 2.05) is 12.1 Å². The number of fused-ring (bicyclic) bond motifs is 1. The molecule has 2 aromatic rings. The van der Waals surface area contributed by atoms with E-state index in [-0.39, 0.29) is 11.9 Å². The van der Waals surface area contributed by atoms with Crippen molar-refractivity contribution in [3.8, 4) is 5.75 Å². The summed E-state index contributed by atoms with van der Waals surface area (Å²) in [5, 5.41) is 11.1. The molecular formula is C20H22ClFN2O2. The molecular weight excluding hydrogens is 355 g/mol. The van der Waals surface area contributed by atoms with Crippen molar-refractivity contribution in [3.63, 3.8) is 0 Å². The molecule has 2 fully saturated rings. The molecule has 4 rings (SSSR count). The van der Waals surface area contributed by atoms with Crippen LogP contribution in [0.15, 0.2) is 42.7 Å². The number of ether oxygens (including phenoxy) is 1. The lowest BCUT2D eigenvalue weighted by Gasteiger charge is -2.35. The van der Waals surface area contributed by atoms with Gasteiger partial charge >= 0.3 is 0 Å². The summed E-state index contributed by atoms with van der Waals surface area (Å²) >= 11 is 6.01. The molecule has 1 aromatic heterocycles. The van der Waals surface area contributed by atoms with E-state index >= 15 is 0 Å². The van der Waals surface area contributed by atoms with E-state index < -0.39 is 6.10 Å². The number of hydrogen-bond acceptors (Lipinski definition) is 4. The van der Waals surface area contributed by atoms with Crippen LogP contribution in [0.1, 0.15) is 18.4 Å². The maximum absolute atomic E-state index is 13.9. The minimum atomic E-state index is -0.493. The van der Waals surface area contributed by atoms with Crippen molar-refractivity contribution in [2.24, 2.45) is 11.8 Å². The highest BCUT2D eigenvalue weighted by Gasteiger charge is 2.42. The molecule has 2 aliphatic rings. The highest BCUT2D eigenvalue weighted by atomic mass is 35.5. The Hall–Kier alpha value is -1.69. The third-order valence-corrected chi connectivity index (χ3v) is 5.73. The summed E-state index contributed by atoms with van der Waals surface area (Å²) in [4.78, 5) is 6.07. The molecule has 4 atom stereocenters. The van der Waals surface area contributed by atoms with Crippen LogP contribution in [0.4, 0.5) is 4.39 Å². The zero-order valence-electron chi connectivity index (χ0n) is 14.4. The van der Waals surface area contributed by atoms with Gasteiger partial charge in [-0.05, 0) is 48.9 Å². The van der Waals surface area contributed by atoms with Crippen LogP contribution < -0.4 is 4.74 Å². The van der Waals surface area contributed by atoms with E-state index in [2.05, 4.69) is 9.88 Å². The number of nitrogens with zero attached hydrogens (tertiary/aromatic N) is 2. The van der Waals surface area contributed by atoms with Crippen molar-refractivity contribution in [1.82, 2.24) is 9.88 Å². The van der Waals surface area contributed by atoms with E-state index in [1.165, 1.54) is 6.20 Å². The van der Waals surface area contributed by atoms with Gasteiger partial charge in [0.2, 0.25) is 0 Å². The first-order valence-electron chi connectivity index (χ1n) is 8.99. The Labute approximate surface area is 157 Å². The summed E-state index contributed by atoms with van der Waals surface area (Å²) in [5.74, 6) is 1.31. The number of benzene rings is 1. The summed E-state index contributed by atoms with van der Waals surface area (Å²) in [6, 6.07) is 9.01. The fraction of sp³-hybridized carbons (Fsp3) is 0.450. The molecule has 1 aliphatic carbocycles. The number of likely N-dealkylation sites (tertiary alicyclic amines) is 1. The second kappa shape index (κ2) is 7.51. The molecule has 0 radical (unpaired) electrons. The maximum Gasteiger partial charge on any atom is 0.145 e. The molecule has 1 saturated heterocycles. The fourth-order valence-corrected chi connectivity index (χ4v) is 4.41. The van der Waals surface area contributed by atoms with Gasteiger partial charge in [-0.25, -0.2) is 4.39 Å². The van der Waals surface area contributed by atoms with Crippen LogP contribution in [0.25, 0.3) is 0 Å². The van der Waals surface area contributed by atoms with Crippen LogP contribution in [-0.2, 0) is 6.54 Å². The van der Waals surface area contributed by atoms with Crippen LogP contribution in [0.2, 0.25) is 5.02 Å². The van der Waals surface area contributed by atoms with Crippen molar-refractivity contribution in [1.29, 1.82) is 0 Å². The van der Waals surface area contributed by atoms with Gasteiger partial charge in [0.05, 0.1) is 12.3 Å². The first-order chi connectivity index (χ1) is 12.6. The van der Waals surface area contributed by atoms with Crippen molar-refractivity contribution in [3.05, 3.63) is 59.1 Å². The van der Waals surface area contributed by atoms with E-state index in [0.717, 1.165) is 19.5 Å². The second-order valence-corrected chi connectivity index (χ2v) is 7.77. The molecule has 138 valence electrons. The Morgan fingerprint density at radius 2 is 2.04 bits per heavy atom. The smallest absolute Gasteiger partial charge is 0.145 e. The topological polar surface area (TPSA) is 45.6 Å². The number of aromatic nitrogens is 1. The van der Waals surface area contributed by atoms with Gasteiger partial charge < -0.3 is 9.84 Å². The third kappa shape index (κ3) is 3.85. The van der Waals surface area contributed by atoms with Gasteiger partial charge in [-0.3, -0.25) is 9.88 Å². The third-order valence-electron chi connectivity index (χ3n) is 5.49. The molecule has 0 spiro atoms. The molecule has 0 amide bonds. The lowest BCUT2D eigenvalue weighted by Crippen LogP contribution is -2.42. The molecule has 0 unspecified atom stereocenters. The summed E-state index contributed by atoms with van der Waals surface area (Å²) < 4.78 is 19.9. The predicted molar refractivity (Wildman–Crippen MR) is 97.6 cm³/mol. The number of halogens is 2. The van der Waals surface area contributed by atoms with E-state index in [1.54, 1.807) is 24.4 Å². The molecule has 0 bridgehead atoms. The zero-order chi connectivity index (χ0) is 18.1. The number of aliphatic hydroxyl groups is 1. The van der Waals surface area contributed by atoms with E-state index in [9.17, 15) is 9.50 Å². The minimum absolute atomic E-state index is 0.229. The Kier molecular flexibility index (Phi) is 5.11. The van der Waals surface area contributed by atoms with Gasteiger partial charge in [-0.15, -0.1) is 0 Å². The summed E-state index contributed by atoms with van der Waals surface area (Å²) in [6.07, 6.45) is 3.68. The van der Waals surface area contributed by atoms with Crippen LogP contribution >= 0.6 is 11.6 Å². The van der Waals surface area contributed by atoms with E-state index in [0.29, 0.717) is 41.1 Å². The largest absolute Gasteiger partial charge is 0.488 e. The molecule has 26 heavy (non-hydrogen) atoms. The Balaban J connectivity index is 1.39. The first kappa shape index (κ1) is 17.7. The molecule has 1 aromatic carbocycles. The average molecular weight is 377 g/mol. The van der Waals surface area contributed by atoms with Gasteiger partial charge in [-0.2, -0.15) is 0 Å². The quantitative estimate of drug-likeness (QED) is 0.886. The van der Waals surface area contributed by atoms with Gasteiger partial charge in [0.1, 0.15) is 17.7 Å². The lowest BCUT2D eigenvalue weighted by atomic mass is 9.78. The van der Waals surface area contributed by atoms with Gasteiger partial charge in [0, 0.05) is 36.4 Å². The van der Waals surface area contributed by atoms with Gasteiger partial charge in [-0.1, -0.05) is 17.7 Å². The Morgan fingerprint density at radius 1 is 1.23 bits per heavy atom. The van der Waals surface area contributed by atoms with Crippen molar-refractivity contribution in [2.45, 2.75) is 31.6 Å². The molecule has 4 nitrogen and oxygen atoms in total. The molecule has 2 heterocycles. The summed E-state index contributed by atoms with van der Waals surface area (Å²) in [5.41, 5.74) is 0.672. The van der Waals surface area contributed by atoms with Crippen molar-refractivity contribution < 1.29 is 14.2 Å². The predicted octanol–water partition coefficient (Wildman–Crippen LogP) is 3.52. The Bertz CT molecular complexity index is 775. The molecule has 1 saturated carbocycles. The summed E-state index contributed by atoms with van der Waals surface area (Å²) in [7, 11) is 0. The van der Waals surface area contributed by atoms with Gasteiger partial charge in [0.15, 0.2) is 0 Å². The standard InChI is InChI=1S/C20H22ClFN2O2/c21-16-2-1-3-17(8-16)26-20-7-15-12-24(11-14(15)6-19(20)25)10-13-4-5-23-9-18(13)22/h1-5,8-9,14-15,19-20,25H,6-7,10-12H2/t14-,15+,19+,20+/m0/s1. The van der Waals surface area contributed by atoms with Crippen LogP contribution in [0.5, 0.6) is 5.75 Å². The maximum atomic E-state index is 13.9. The number of pyridine rings is 1. The normalized spacial score (nSPS) is 28.7. The second-order valence-electron chi connectivity index (χ2n) is 7.33. The van der Waals surface area contributed by atoms with E-state index in [4.69, 9.17) is 16.3 Å². The molecule has 1 N–H and O–H groups in total. The Morgan fingerprint density at radius 3 is 2.81 bits per heavy atom. The molecule has 6 heteroatoms. The lowest BCUT2D eigenvalue weighted by molar-refractivity contribution is -0.0231. The monoisotopic (exact) mass is 376 g/mol. The van der Waals surface area contributed by atoms with Crippen LogP contribution in [0, 0.1) is 17.7 Å². The van der Waals surface area contributed by atoms with Crippen LogP contribution in [0.3, 0.4) is 0 Å². The highest BCUT2D eigenvalue weighted by Crippen LogP contribution is 2.38. The molecule has 1 aliphatic heterocycles. The van der Waals surface area contributed by atoms with Crippen molar-refractivity contribution in [2.75, 3.05) is 13.1 Å². The SMILES string of the molecule is O[C@@H]1C[C@H]2CN(Cc3ccncc3F)C[C@H]2C[C@H]1Oc1cccc(Cl)c1. The minimum Gasteiger partial charge on any atom is -0.488 e. The number of rotatable bonds is 4. The fourth-order valence-electron chi connectivity index (χ4n) is 4.23.